The SMILES string of the molecule is CCN(CC)CC.O=C(O)OC=Cc1ccccc1. The van der Waals surface area contributed by atoms with Gasteiger partial charge in [-0.05, 0) is 31.3 Å². The molecule has 0 bridgehead atoms. The number of ether oxygens (including phenoxy) is 1. The number of carbonyl (C=O) groups is 1. The molecule has 1 rings (SSSR count). The van der Waals surface area contributed by atoms with E-state index in [4.69, 9.17) is 5.11 Å². The summed E-state index contributed by atoms with van der Waals surface area (Å²) in [4.78, 5) is 12.3. The number of nitrogens with zero attached hydrogens (tertiary/aromatic N) is 1. The van der Waals surface area contributed by atoms with Gasteiger partial charge in [-0.15, -0.1) is 0 Å². The Morgan fingerprint density at radius 2 is 1.68 bits per heavy atom. The van der Waals surface area contributed by atoms with Crippen molar-refractivity contribution in [1.29, 1.82) is 0 Å². The predicted molar refractivity (Wildman–Crippen MR) is 78.0 cm³/mol. The van der Waals surface area contributed by atoms with Gasteiger partial charge in [0.25, 0.3) is 0 Å². The van der Waals surface area contributed by atoms with Crippen LogP contribution in [-0.4, -0.2) is 35.8 Å². The summed E-state index contributed by atoms with van der Waals surface area (Å²) < 4.78 is 4.18. The molecule has 0 saturated heterocycles. The van der Waals surface area contributed by atoms with Crippen LogP contribution in [0.4, 0.5) is 4.79 Å². The van der Waals surface area contributed by atoms with Crippen LogP contribution in [0.1, 0.15) is 26.3 Å². The van der Waals surface area contributed by atoms with Gasteiger partial charge in [0.2, 0.25) is 0 Å². The molecule has 4 heteroatoms. The first-order valence-corrected chi connectivity index (χ1v) is 6.47. The molecular formula is C15H23NO3. The average molecular weight is 265 g/mol. The smallest absolute Gasteiger partial charge is 0.449 e. The molecule has 0 spiro atoms. The topological polar surface area (TPSA) is 49.8 Å². The van der Waals surface area contributed by atoms with Gasteiger partial charge in [-0.2, -0.15) is 0 Å². The minimum Gasteiger partial charge on any atom is -0.449 e. The van der Waals surface area contributed by atoms with Gasteiger partial charge in [0, 0.05) is 0 Å². The molecule has 0 aliphatic carbocycles. The summed E-state index contributed by atoms with van der Waals surface area (Å²) in [5.74, 6) is 0. The fourth-order valence-corrected chi connectivity index (χ4v) is 1.41. The van der Waals surface area contributed by atoms with E-state index in [0.29, 0.717) is 0 Å². The van der Waals surface area contributed by atoms with Crippen LogP contribution < -0.4 is 0 Å². The van der Waals surface area contributed by atoms with Crippen LogP contribution in [0.15, 0.2) is 36.6 Å². The Balaban J connectivity index is 0.000000399. The van der Waals surface area contributed by atoms with Crippen molar-refractivity contribution in [3.63, 3.8) is 0 Å². The molecule has 106 valence electrons. The fraction of sp³-hybridized carbons (Fsp3) is 0.400. The lowest BCUT2D eigenvalue weighted by atomic mass is 10.2. The quantitative estimate of drug-likeness (QED) is 0.651. The Hall–Kier alpha value is -1.81. The third-order valence-electron chi connectivity index (χ3n) is 2.57. The van der Waals surface area contributed by atoms with Gasteiger partial charge < -0.3 is 14.7 Å². The van der Waals surface area contributed by atoms with Crippen molar-refractivity contribution in [3.8, 4) is 0 Å². The minimum atomic E-state index is -1.30. The molecule has 1 aromatic rings. The predicted octanol–water partition coefficient (Wildman–Crippen LogP) is 3.70. The van der Waals surface area contributed by atoms with Crippen molar-refractivity contribution in [1.82, 2.24) is 4.90 Å². The van der Waals surface area contributed by atoms with Crippen LogP contribution in [0.25, 0.3) is 6.08 Å². The Morgan fingerprint density at radius 3 is 2.05 bits per heavy atom. The zero-order chi connectivity index (χ0) is 14.5. The summed E-state index contributed by atoms with van der Waals surface area (Å²) in [6.07, 6.45) is 1.41. The van der Waals surface area contributed by atoms with Crippen molar-refractivity contribution in [2.24, 2.45) is 0 Å². The summed E-state index contributed by atoms with van der Waals surface area (Å²) in [5.41, 5.74) is 0.902. The summed E-state index contributed by atoms with van der Waals surface area (Å²) >= 11 is 0. The molecule has 19 heavy (non-hydrogen) atoms. The summed E-state index contributed by atoms with van der Waals surface area (Å²) in [6.45, 7) is 10.1. The second-order valence-corrected chi connectivity index (χ2v) is 3.72. The van der Waals surface area contributed by atoms with Crippen molar-refractivity contribution < 1.29 is 14.6 Å². The molecule has 4 nitrogen and oxygen atoms in total. The molecule has 0 heterocycles. The second kappa shape index (κ2) is 11.3. The van der Waals surface area contributed by atoms with Gasteiger partial charge in [-0.3, -0.25) is 0 Å². The molecule has 0 unspecified atom stereocenters. The van der Waals surface area contributed by atoms with Crippen LogP contribution in [-0.2, 0) is 4.74 Å². The standard InChI is InChI=1S/C9H8O3.C6H15N/c10-9(11)12-7-6-8-4-2-1-3-5-8;1-4-7(5-2)6-3/h1-7H,(H,10,11);4-6H2,1-3H3. The van der Waals surface area contributed by atoms with E-state index in [1.54, 1.807) is 6.08 Å². The van der Waals surface area contributed by atoms with Crippen LogP contribution in [0.5, 0.6) is 0 Å². The van der Waals surface area contributed by atoms with Crippen molar-refractivity contribution >= 4 is 12.2 Å². The zero-order valence-corrected chi connectivity index (χ0v) is 11.9. The van der Waals surface area contributed by atoms with Gasteiger partial charge in [-0.25, -0.2) is 4.79 Å². The summed E-state index contributed by atoms with van der Waals surface area (Å²) in [5, 5.41) is 8.12. The van der Waals surface area contributed by atoms with E-state index in [1.807, 2.05) is 30.3 Å². The molecule has 0 aliphatic rings. The summed E-state index contributed by atoms with van der Waals surface area (Å²) in [6, 6.07) is 9.31. The molecule has 1 aromatic carbocycles. The van der Waals surface area contributed by atoms with Gasteiger partial charge in [-0.1, -0.05) is 51.1 Å². The van der Waals surface area contributed by atoms with Crippen molar-refractivity contribution in [2.45, 2.75) is 20.8 Å². The molecule has 0 radical (unpaired) electrons. The lowest BCUT2D eigenvalue weighted by Crippen LogP contribution is -2.21. The Labute approximate surface area is 115 Å². The van der Waals surface area contributed by atoms with Crippen LogP contribution in [0.3, 0.4) is 0 Å². The Morgan fingerprint density at radius 1 is 1.16 bits per heavy atom. The lowest BCUT2D eigenvalue weighted by molar-refractivity contribution is 0.128. The lowest BCUT2D eigenvalue weighted by Gasteiger charge is -2.13. The molecule has 0 aromatic heterocycles. The maximum Gasteiger partial charge on any atom is 0.510 e. The number of carboxylic acid groups (broad SMARTS) is 1. The largest absolute Gasteiger partial charge is 0.510 e. The Bertz CT molecular complexity index is 353. The van der Waals surface area contributed by atoms with Gasteiger partial charge in [0.1, 0.15) is 0 Å². The summed E-state index contributed by atoms with van der Waals surface area (Å²) in [7, 11) is 0. The van der Waals surface area contributed by atoms with E-state index in [-0.39, 0.29) is 0 Å². The van der Waals surface area contributed by atoms with E-state index in [1.165, 1.54) is 19.6 Å². The van der Waals surface area contributed by atoms with E-state index in [9.17, 15) is 4.79 Å². The number of rotatable bonds is 5. The maximum absolute atomic E-state index is 9.92. The highest BCUT2D eigenvalue weighted by molar-refractivity contribution is 5.59. The highest BCUT2D eigenvalue weighted by atomic mass is 16.7. The highest BCUT2D eigenvalue weighted by Gasteiger charge is 1.89. The number of hydrogen-bond donors (Lipinski definition) is 1. The third-order valence-corrected chi connectivity index (χ3v) is 2.57. The third kappa shape index (κ3) is 9.85. The molecular weight excluding hydrogens is 242 g/mol. The maximum atomic E-state index is 9.92. The number of hydrogen-bond acceptors (Lipinski definition) is 3. The molecule has 0 amide bonds. The van der Waals surface area contributed by atoms with Crippen molar-refractivity contribution in [2.75, 3.05) is 19.6 Å². The minimum absolute atomic E-state index is 0.902. The zero-order valence-electron chi connectivity index (χ0n) is 11.9. The van der Waals surface area contributed by atoms with Gasteiger partial charge >= 0.3 is 6.16 Å². The average Bonchev–Trinajstić information content (AvgIpc) is 2.42. The monoisotopic (exact) mass is 265 g/mol. The first-order chi connectivity index (χ1) is 9.13. The van der Waals surface area contributed by atoms with E-state index >= 15 is 0 Å². The van der Waals surface area contributed by atoms with Crippen LogP contribution >= 0.6 is 0 Å². The van der Waals surface area contributed by atoms with Gasteiger partial charge in [0.15, 0.2) is 0 Å². The van der Waals surface area contributed by atoms with Crippen LogP contribution in [0.2, 0.25) is 0 Å². The number of benzene rings is 1. The first-order valence-electron chi connectivity index (χ1n) is 6.47. The van der Waals surface area contributed by atoms with E-state index < -0.39 is 6.16 Å². The van der Waals surface area contributed by atoms with Gasteiger partial charge in [0.05, 0.1) is 6.26 Å². The molecule has 0 aliphatic heterocycles. The molecule has 0 atom stereocenters. The molecule has 0 saturated carbocycles. The van der Waals surface area contributed by atoms with E-state index in [2.05, 4.69) is 30.4 Å². The normalized spacial score (nSPS) is 10.1. The molecule has 1 N–H and O–H groups in total. The Kier molecular flexibility index (Phi) is 10.2. The van der Waals surface area contributed by atoms with E-state index in [0.717, 1.165) is 11.8 Å². The first kappa shape index (κ1) is 17.2. The van der Waals surface area contributed by atoms with Crippen molar-refractivity contribution in [3.05, 3.63) is 42.2 Å². The molecule has 0 fully saturated rings. The van der Waals surface area contributed by atoms with Crippen LogP contribution in [0, 0.1) is 0 Å². The highest BCUT2D eigenvalue weighted by Crippen LogP contribution is 2.00. The fourth-order valence-electron chi connectivity index (χ4n) is 1.41. The second-order valence-electron chi connectivity index (χ2n) is 3.72.